The van der Waals surface area contributed by atoms with Crippen LogP contribution >= 0.6 is 0 Å². The first-order chi connectivity index (χ1) is 6.59. The van der Waals surface area contributed by atoms with E-state index in [9.17, 15) is 4.79 Å². The zero-order valence-corrected chi connectivity index (χ0v) is 8.45. The van der Waals surface area contributed by atoms with Crippen LogP contribution in [0.4, 0.5) is 0 Å². The van der Waals surface area contributed by atoms with Crippen molar-refractivity contribution >= 4 is 12.0 Å². The van der Waals surface area contributed by atoms with Gasteiger partial charge in [-0.15, -0.1) is 0 Å². The number of aryl methyl sites for hydroxylation is 2. The monoisotopic (exact) mass is 190 g/mol. The third-order valence-corrected chi connectivity index (χ3v) is 2.13. The average Bonchev–Trinajstić information content (AvgIpc) is 2.10. The first-order valence-electron chi connectivity index (χ1n) is 4.55. The van der Waals surface area contributed by atoms with E-state index in [-0.39, 0.29) is 6.42 Å². The normalized spacial score (nSPS) is 10.7. The second-order valence-electron chi connectivity index (χ2n) is 3.34. The van der Waals surface area contributed by atoms with E-state index < -0.39 is 5.97 Å². The fourth-order valence-corrected chi connectivity index (χ4v) is 1.16. The Kier molecular flexibility index (Phi) is 3.46. The van der Waals surface area contributed by atoms with Gasteiger partial charge in [-0.05, 0) is 30.5 Å². The predicted molar refractivity (Wildman–Crippen MR) is 57.2 cm³/mol. The van der Waals surface area contributed by atoms with Gasteiger partial charge in [0.2, 0.25) is 0 Å². The van der Waals surface area contributed by atoms with Crippen LogP contribution in [0.5, 0.6) is 0 Å². The zero-order chi connectivity index (χ0) is 10.6. The van der Waals surface area contributed by atoms with E-state index in [0.29, 0.717) is 0 Å². The van der Waals surface area contributed by atoms with Crippen molar-refractivity contribution < 1.29 is 9.90 Å². The Morgan fingerprint density at radius 3 is 2.64 bits per heavy atom. The van der Waals surface area contributed by atoms with Gasteiger partial charge >= 0.3 is 5.97 Å². The van der Waals surface area contributed by atoms with Crippen molar-refractivity contribution in [2.24, 2.45) is 0 Å². The summed E-state index contributed by atoms with van der Waals surface area (Å²) in [6.45, 7) is 4.10. The number of hydrogen-bond donors (Lipinski definition) is 1. The lowest BCUT2D eigenvalue weighted by atomic mass is 10.1. The van der Waals surface area contributed by atoms with Gasteiger partial charge in [0.05, 0.1) is 6.42 Å². The molecular weight excluding hydrogens is 176 g/mol. The van der Waals surface area contributed by atoms with Crippen LogP contribution in [0.2, 0.25) is 0 Å². The second-order valence-corrected chi connectivity index (χ2v) is 3.34. The first kappa shape index (κ1) is 10.5. The molecule has 1 aromatic carbocycles. The number of rotatable bonds is 3. The fourth-order valence-electron chi connectivity index (χ4n) is 1.16. The highest BCUT2D eigenvalue weighted by atomic mass is 16.4. The van der Waals surface area contributed by atoms with E-state index >= 15 is 0 Å². The minimum Gasteiger partial charge on any atom is -0.481 e. The van der Waals surface area contributed by atoms with E-state index in [4.69, 9.17) is 5.11 Å². The smallest absolute Gasteiger partial charge is 0.307 e. The highest BCUT2D eigenvalue weighted by Crippen LogP contribution is 2.11. The van der Waals surface area contributed by atoms with Crippen molar-refractivity contribution in [3.63, 3.8) is 0 Å². The summed E-state index contributed by atoms with van der Waals surface area (Å²) in [5, 5.41) is 8.44. The molecule has 0 bridgehead atoms. The molecule has 1 N–H and O–H groups in total. The molecule has 1 aromatic rings. The van der Waals surface area contributed by atoms with Crippen LogP contribution in [0.3, 0.4) is 0 Å². The van der Waals surface area contributed by atoms with Gasteiger partial charge in [-0.2, -0.15) is 0 Å². The van der Waals surface area contributed by atoms with Crippen LogP contribution < -0.4 is 0 Å². The van der Waals surface area contributed by atoms with Gasteiger partial charge in [0.1, 0.15) is 0 Å². The van der Waals surface area contributed by atoms with Crippen molar-refractivity contribution in [1.29, 1.82) is 0 Å². The van der Waals surface area contributed by atoms with E-state index in [2.05, 4.69) is 6.92 Å². The SMILES string of the molecule is Cc1ccc(/C=C/CC(=O)O)cc1C. The van der Waals surface area contributed by atoms with Gasteiger partial charge in [0.25, 0.3) is 0 Å². The van der Waals surface area contributed by atoms with Crippen molar-refractivity contribution in [1.82, 2.24) is 0 Å². The number of benzene rings is 1. The van der Waals surface area contributed by atoms with Crippen LogP contribution in [0.25, 0.3) is 6.08 Å². The van der Waals surface area contributed by atoms with Gasteiger partial charge in [-0.1, -0.05) is 30.4 Å². The van der Waals surface area contributed by atoms with Crippen LogP contribution in [0.1, 0.15) is 23.1 Å². The average molecular weight is 190 g/mol. The highest BCUT2D eigenvalue weighted by Gasteiger charge is 1.93. The molecule has 74 valence electrons. The minimum absolute atomic E-state index is 0.0763. The molecule has 1 rings (SSSR count). The number of carboxylic acid groups (broad SMARTS) is 1. The molecule has 0 fully saturated rings. The summed E-state index contributed by atoms with van der Waals surface area (Å²) < 4.78 is 0. The second kappa shape index (κ2) is 4.61. The maximum absolute atomic E-state index is 10.3. The standard InChI is InChI=1S/C12H14O2/c1-9-6-7-11(8-10(9)2)4-3-5-12(13)14/h3-4,6-8H,5H2,1-2H3,(H,13,14)/b4-3+. The van der Waals surface area contributed by atoms with Gasteiger partial charge in [0.15, 0.2) is 0 Å². The Morgan fingerprint density at radius 2 is 2.07 bits per heavy atom. The summed E-state index contributed by atoms with van der Waals surface area (Å²) in [7, 11) is 0. The number of aliphatic carboxylic acids is 1. The van der Waals surface area contributed by atoms with E-state index in [1.165, 1.54) is 11.1 Å². The van der Waals surface area contributed by atoms with Crippen LogP contribution in [-0.2, 0) is 4.79 Å². The molecule has 0 spiro atoms. The number of carbonyl (C=O) groups is 1. The molecule has 0 atom stereocenters. The number of carboxylic acids is 1. The maximum atomic E-state index is 10.3. The van der Waals surface area contributed by atoms with Crippen molar-refractivity contribution in [2.45, 2.75) is 20.3 Å². The Bertz CT molecular complexity index is 365. The molecule has 0 amide bonds. The highest BCUT2D eigenvalue weighted by molar-refractivity contribution is 5.70. The quantitative estimate of drug-likeness (QED) is 0.795. The largest absolute Gasteiger partial charge is 0.481 e. The summed E-state index contributed by atoms with van der Waals surface area (Å²) in [6, 6.07) is 6.07. The fraction of sp³-hybridized carbons (Fsp3) is 0.250. The third kappa shape index (κ3) is 3.05. The van der Waals surface area contributed by atoms with Crippen molar-refractivity contribution in [3.8, 4) is 0 Å². The van der Waals surface area contributed by atoms with Gasteiger partial charge in [0, 0.05) is 0 Å². The van der Waals surface area contributed by atoms with Crippen molar-refractivity contribution in [2.75, 3.05) is 0 Å². The van der Waals surface area contributed by atoms with E-state index in [1.807, 2.05) is 31.2 Å². The molecule has 0 aromatic heterocycles. The van der Waals surface area contributed by atoms with E-state index in [0.717, 1.165) is 5.56 Å². The first-order valence-corrected chi connectivity index (χ1v) is 4.55. The minimum atomic E-state index is -0.801. The van der Waals surface area contributed by atoms with Crippen LogP contribution in [-0.4, -0.2) is 11.1 Å². The third-order valence-electron chi connectivity index (χ3n) is 2.13. The molecule has 0 unspecified atom stereocenters. The summed E-state index contributed by atoms with van der Waals surface area (Å²) in [5.41, 5.74) is 3.53. The summed E-state index contributed by atoms with van der Waals surface area (Å²) in [5.74, 6) is -0.801. The molecular formula is C12H14O2. The molecule has 0 aliphatic carbocycles. The Hall–Kier alpha value is -1.57. The summed E-state index contributed by atoms with van der Waals surface area (Å²) >= 11 is 0. The lowest BCUT2D eigenvalue weighted by molar-refractivity contribution is -0.135. The zero-order valence-electron chi connectivity index (χ0n) is 8.45. The molecule has 2 nitrogen and oxygen atoms in total. The van der Waals surface area contributed by atoms with Gasteiger partial charge in [-0.25, -0.2) is 0 Å². The molecule has 2 heteroatoms. The topological polar surface area (TPSA) is 37.3 Å². The van der Waals surface area contributed by atoms with Gasteiger partial charge in [-0.3, -0.25) is 4.79 Å². The molecule has 0 aliphatic rings. The van der Waals surface area contributed by atoms with Crippen molar-refractivity contribution in [3.05, 3.63) is 41.0 Å². The Balaban J connectivity index is 2.73. The van der Waals surface area contributed by atoms with Crippen LogP contribution in [0.15, 0.2) is 24.3 Å². The molecule has 0 aliphatic heterocycles. The molecule has 14 heavy (non-hydrogen) atoms. The summed E-state index contributed by atoms with van der Waals surface area (Å²) in [4.78, 5) is 10.3. The van der Waals surface area contributed by atoms with Crippen LogP contribution in [0, 0.1) is 13.8 Å². The molecule has 0 radical (unpaired) electrons. The Labute approximate surface area is 83.9 Å². The molecule has 0 saturated heterocycles. The number of hydrogen-bond acceptors (Lipinski definition) is 1. The molecule has 0 heterocycles. The van der Waals surface area contributed by atoms with E-state index in [1.54, 1.807) is 6.08 Å². The van der Waals surface area contributed by atoms with Gasteiger partial charge < -0.3 is 5.11 Å². The predicted octanol–water partition coefficient (Wildman–Crippen LogP) is 2.79. The lowest BCUT2D eigenvalue weighted by Gasteiger charge is -2.00. The molecule has 0 saturated carbocycles. The summed E-state index contributed by atoms with van der Waals surface area (Å²) in [6.07, 6.45) is 3.57. The lowest BCUT2D eigenvalue weighted by Crippen LogP contribution is -1.89. The Morgan fingerprint density at radius 1 is 1.36 bits per heavy atom. The maximum Gasteiger partial charge on any atom is 0.307 e.